The van der Waals surface area contributed by atoms with Gasteiger partial charge in [-0.3, -0.25) is 5.32 Å². The van der Waals surface area contributed by atoms with Crippen molar-refractivity contribution in [2.45, 2.75) is 30.6 Å². The van der Waals surface area contributed by atoms with E-state index in [4.69, 9.17) is 4.74 Å². The first-order valence-electron chi connectivity index (χ1n) is 4.91. The van der Waals surface area contributed by atoms with Crippen molar-refractivity contribution in [1.82, 2.24) is 5.32 Å². The van der Waals surface area contributed by atoms with Gasteiger partial charge in [0.2, 0.25) is 0 Å². The highest BCUT2D eigenvalue weighted by molar-refractivity contribution is 9.10. The number of amides is 1. The van der Waals surface area contributed by atoms with Crippen LogP contribution >= 0.6 is 15.9 Å². The Labute approximate surface area is 105 Å². The first-order valence-corrected chi connectivity index (χ1v) is 9.54. The summed E-state index contributed by atoms with van der Waals surface area (Å²) in [7, 11) is 0.0438. The number of methoxy groups -OCH3 is 1. The molecule has 0 saturated heterocycles. The van der Waals surface area contributed by atoms with E-state index in [0.29, 0.717) is 6.61 Å². The molecule has 0 aromatic heterocycles. The van der Waals surface area contributed by atoms with Crippen LogP contribution in [0.1, 0.15) is 0 Å². The second kappa shape index (κ2) is 6.90. The lowest BCUT2D eigenvalue weighted by atomic mass is 10.6. The highest BCUT2D eigenvalue weighted by Gasteiger charge is 2.19. The third-order valence-corrected chi connectivity index (χ3v) is 4.04. The maximum Gasteiger partial charge on any atom is 0.408 e. The Morgan fingerprint density at radius 2 is 1.94 bits per heavy atom. The van der Waals surface area contributed by atoms with Crippen molar-refractivity contribution >= 4 is 36.1 Å². The van der Waals surface area contributed by atoms with E-state index in [-0.39, 0.29) is 0 Å². The first-order chi connectivity index (χ1) is 7.26. The lowest BCUT2D eigenvalue weighted by molar-refractivity contribution is -0.140. The van der Waals surface area contributed by atoms with Crippen molar-refractivity contribution < 1.29 is 19.1 Å². The van der Waals surface area contributed by atoms with E-state index in [1.807, 2.05) is 0 Å². The average molecular weight is 312 g/mol. The molecule has 94 valence electrons. The summed E-state index contributed by atoms with van der Waals surface area (Å²) >= 11 is 2.96. The van der Waals surface area contributed by atoms with Crippen molar-refractivity contribution in [3.05, 3.63) is 0 Å². The SMILES string of the molecule is COC(=O)C(Br)NC(=O)OCC[Si](C)(C)C. The molecule has 16 heavy (non-hydrogen) atoms. The Morgan fingerprint density at radius 1 is 1.38 bits per heavy atom. The van der Waals surface area contributed by atoms with Gasteiger partial charge in [0, 0.05) is 8.07 Å². The molecule has 1 atom stereocenters. The first kappa shape index (κ1) is 15.4. The minimum absolute atomic E-state index is 0.377. The highest BCUT2D eigenvalue weighted by atomic mass is 79.9. The minimum Gasteiger partial charge on any atom is -0.467 e. The molecule has 0 saturated carbocycles. The summed E-state index contributed by atoms with van der Waals surface area (Å²) < 4.78 is 9.35. The number of rotatable bonds is 5. The normalized spacial score (nSPS) is 12.8. The molecule has 0 aromatic rings. The molecule has 0 radical (unpaired) electrons. The predicted octanol–water partition coefficient (Wildman–Crippen LogP) is 1.94. The van der Waals surface area contributed by atoms with Gasteiger partial charge >= 0.3 is 12.1 Å². The van der Waals surface area contributed by atoms with Crippen LogP contribution < -0.4 is 5.32 Å². The summed E-state index contributed by atoms with van der Waals surface area (Å²) in [5.74, 6) is -0.567. The number of alkyl halides is 1. The molecule has 1 amide bonds. The van der Waals surface area contributed by atoms with E-state index in [2.05, 4.69) is 45.6 Å². The lowest BCUT2D eigenvalue weighted by Gasteiger charge is -2.16. The zero-order valence-corrected chi connectivity index (χ0v) is 12.6. The standard InChI is InChI=1S/C9H18BrNO4Si/c1-14-8(12)7(10)11-9(13)15-5-6-16(2,3)4/h7H,5-6H2,1-4H3,(H,11,13). The maximum absolute atomic E-state index is 11.2. The van der Waals surface area contributed by atoms with E-state index in [0.717, 1.165) is 6.04 Å². The number of nitrogens with one attached hydrogen (secondary N) is 1. The molecule has 0 aliphatic rings. The quantitative estimate of drug-likeness (QED) is 0.365. The van der Waals surface area contributed by atoms with Gasteiger partial charge in [0.05, 0.1) is 13.7 Å². The molecule has 0 heterocycles. The molecule has 0 spiro atoms. The largest absolute Gasteiger partial charge is 0.467 e. The number of halogens is 1. The Bertz CT molecular complexity index is 254. The summed E-state index contributed by atoms with van der Waals surface area (Å²) in [4.78, 5) is 21.3. The number of carbonyl (C=O) groups excluding carboxylic acids is 2. The summed E-state index contributed by atoms with van der Waals surface area (Å²) in [5, 5.41) is 2.31. The van der Waals surface area contributed by atoms with Crippen LogP contribution in [0.25, 0.3) is 0 Å². The molecular weight excluding hydrogens is 294 g/mol. The Hall–Kier alpha value is -0.563. The summed E-state index contributed by atoms with van der Waals surface area (Å²) in [6.07, 6.45) is -0.620. The fraction of sp³-hybridized carbons (Fsp3) is 0.778. The zero-order valence-electron chi connectivity index (χ0n) is 10.0. The van der Waals surface area contributed by atoms with Gasteiger partial charge in [-0.25, -0.2) is 9.59 Å². The lowest BCUT2D eigenvalue weighted by Crippen LogP contribution is -2.38. The van der Waals surface area contributed by atoms with E-state index in [9.17, 15) is 9.59 Å². The van der Waals surface area contributed by atoms with Crippen molar-refractivity contribution in [3.63, 3.8) is 0 Å². The van der Waals surface area contributed by atoms with Gasteiger partial charge in [0.1, 0.15) is 0 Å². The Kier molecular flexibility index (Phi) is 6.66. The third kappa shape index (κ3) is 7.69. The van der Waals surface area contributed by atoms with Gasteiger partial charge in [0.15, 0.2) is 4.95 Å². The number of hydrogen-bond acceptors (Lipinski definition) is 4. The molecule has 0 aliphatic carbocycles. The van der Waals surface area contributed by atoms with Crippen LogP contribution in [0.5, 0.6) is 0 Å². The van der Waals surface area contributed by atoms with Crippen molar-refractivity contribution in [2.75, 3.05) is 13.7 Å². The fourth-order valence-electron chi connectivity index (χ4n) is 0.757. The van der Waals surface area contributed by atoms with E-state index < -0.39 is 25.1 Å². The molecule has 0 rings (SSSR count). The van der Waals surface area contributed by atoms with Gasteiger partial charge < -0.3 is 9.47 Å². The van der Waals surface area contributed by atoms with Crippen LogP contribution in [0.3, 0.4) is 0 Å². The third-order valence-electron chi connectivity index (χ3n) is 1.74. The Morgan fingerprint density at radius 3 is 2.38 bits per heavy atom. The van der Waals surface area contributed by atoms with E-state index >= 15 is 0 Å². The molecule has 0 bridgehead atoms. The smallest absolute Gasteiger partial charge is 0.408 e. The monoisotopic (exact) mass is 311 g/mol. The molecule has 0 fully saturated rings. The minimum atomic E-state index is -1.20. The number of esters is 1. The second-order valence-corrected chi connectivity index (χ2v) is 11.0. The molecule has 1 N–H and O–H groups in total. The van der Waals surface area contributed by atoms with Gasteiger partial charge in [-0.05, 0) is 6.04 Å². The highest BCUT2D eigenvalue weighted by Crippen LogP contribution is 2.07. The van der Waals surface area contributed by atoms with Gasteiger partial charge in [-0.2, -0.15) is 0 Å². The molecule has 7 heteroatoms. The van der Waals surface area contributed by atoms with Crippen LogP contribution in [0, 0.1) is 0 Å². The number of ether oxygens (including phenoxy) is 2. The number of alkyl carbamates (subject to hydrolysis) is 1. The zero-order chi connectivity index (χ0) is 12.8. The van der Waals surface area contributed by atoms with Crippen LogP contribution in [-0.4, -0.2) is 38.8 Å². The molecular formula is C9H18BrNO4Si. The molecule has 0 aromatic carbocycles. The molecule has 1 unspecified atom stereocenters. The van der Waals surface area contributed by atoms with Gasteiger partial charge in [-0.1, -0.05) is 35.6 Å². The van der Waals surface area contributed by atoms with Gasteiger partial charge in [-0.15, -0.1) is 0 Å². The number of carbonyl (C=O) groups is 2. The summed E-state index contributed by atoms with van der Waals surface area (Å²) in [6, 6.07) is 0.894. The van der Waals surface area contributed by atoms with Crippen molar-refractivity contribution in [2.24, 2.45) is 0 Å². The molecule has 5 nitrogen and oxygen atoms in total. The number of hydrogen-bond donors (Lipinski definition) is 1. The fourth-order valence-corrected chi connectivity index (χ4v) is 1.85. The predicted molar refractivity (Wildman–Crippen MR) is 67.4 cm³/mol. The van der Waals surface area contributed by atoms with Gasteiger partial charge in [0.25, 0.3) is 0 Å². The van der Waals surface area contributed by atoms with Crippen LogP contribution in [0.4, 0.5) is 4.79 Å². The average Bonchev–Trinajstić information content (AvgIpc) is 2.14. The Balaban J connectivity index is 3.79. The van der Waals surface area contributed by atoms with Crippen LogP contribution in [0.15, 0.2) is 0 Å². The summed E-state index contributed by atoms with van der Waals surface area (Å²) in [6.45, 7) is 6.95. The topological polar surface area (TPSA) is 64.6 Å². The van der Waals surface area contributed by atoms with Crippen LogP contribution in [0.2, 0.25) is 25.7 Å². The van der Waals surface area contributed by atoms with Crippen molar-refractivity contribution in [1.29, 1.82) is 0 Å². The second-order valence-electron chi connectivity index (χ2n) is 4.48. The summed E-state index contributed by atoms with van der Waals surface area (Å²) in [5.41, 5.74) is 0. The van der Waals surface area contributed by atoms with E-state index in [1.54, 1.807) is 0 Å². The maximum atomic E-state index is 11.2. The van der Waals surface area contributed by atoms with Crippen molar-refractivity contribution in [3.8, 4) is 0 Å². The van der Waals surface area contributed by atoms with Crippen LogP contribution in [-0.2, 0) is 14.3 Å². The van der Waals surface area contributed by atoms with E-state index in [1.165, 1.54) is 7.11 Å². The molecule has 0 aliphatic heterocycles.